The summed E-state index contributed by atoms with van der Waals surface area (Å²) >= 11 is 0. The molecule has 0 bridgehead atoms. The molecule has 370 valence electrons. The zero-order valence-corrected chi connectivity index (χ0v) is 36.3. The second-order valence-electron chi connectivity index (χ2n) is 16.1. The molecule has 15 atom stereocenters. The van der Waals surface area contributed by atoms with Crippen LogP contribution in [0.25, 0.3) is 28.4 Å². The Morgan fingerprint density at radius 1 is 0.662 bits per heavy atom. The fourth-order valence-electron chi connectivity index (χ4n) is 7.60. The number of carbonyl (C=O) groups is 1. The van der Waals surface area contributed by atoms with Crippen molar-refractivity contribution in [3.05, 3.63) is 64.3 Å². The lowest BCUT2D eigenvalue weighted by atomic mass is 9.97. The summed E-state index contributed by atoms with van der Waals surface area (Å²) in [7, 11) is 2.60. The molecule has 12 N–H and O–H groups in total. The highest BCUT2D eigenvalue weighted by Gasteiger charge is 2.52. The van der Waals surface area contributed by atoms with E-state index in [1.165, 1.54) is 52.3 Å². The Hall–Kier alpha value is -6.00. The second-order valence-corrected chi connectivity index (χ2v) is 16.1. The van der Waals surface area contributed by atoms with Crippen molar-refractivity contribution in [3.8, 4) is 57.3 Å². The molecule has 3 fully saturated rings. The van der Waals surface area contributed by atoms with Crippen molar-refractivity contribution in [1.82, 2.24) is 0 Å². The normalized spacial score (nSPS) is 31.9. The molecular formula is C44H50O24. The summed E-state index contributed by atoms with van der Waals surface area (Å²) in [6.45, 7) is 1.94. The molecule has 68 heavy (non-hydrogen) atoms. The van der Waals surface area contributed by atoms with Gasteiger partial charge in [-0.3, -0.25) is 4.79 Å². The summed E-state index contributed by atoms with van der Waals surface area (Å²) in [5.74, 6) is -5.02. The van der Waals surface area contributed by atoms with E-state index in [1.807, 2.05) is 0 Å². The molecular weight excluding hydrogens is 912 g/mol. The maximum Gasteiger partial charge on any atom is 0.330 e. The summed E-state index contributed by atoms with van der Waals surface area (Å²) in [6, 6.07) is 7.96. The lowest BCUT2D eigenvalue weighted by Gasteiger charge is -2.45. The van der Waals surface area contributed by atoms with Crippen molar-refractivity contribution >= 4 is 23.0 Å². The number of aliphatic hydroxyl groups is 8. The van der Waals surface area contributed by atoms with Gasteiger partial charge in [-0.25, -0.2) is 4.79 Å². The van der Waals surface area contributed by atoms with Crippen molar-refractivity contribution in [2.75, 3.05) is 20.8 Å². The lowest BCUT2D eigenvalue weighted by Crippen LogP contribution is -2.64. The van der Waals surface area contributed by atoms with E-state index in [-0.39, 0.29) is 28.6 Å². The van der Waals surface area contributed by atoms with E-state index < -0.39 is 150 Å². The first-order valence-electron chi connectivity index (χ1n) is 20.8. The van der Waals surface area contributed by atoms with Gasteiger partial charge in [0.05, 0.1) is 26.4 Å². The number of carbonyl (C=O) groups excluding carboxylic acids is 1. The smallest absolute Gasteiger partial charge is 0.330 e. The van der Waals surface area contributed by atoms with E-state index >= 15 is 0 Å². The fraction of sp³-hybridized carbons (Fsp3) is 0.455. The molecule has 7 rings (SSSR count). The van der Waals surface area contributed by atoms with Crippen LogP contribution in [0, 0.1) is 0 Å². The van der Waals surface area contributed by atoms with Crippen molar-refractivity contribution in [2.24, 2.45) is 0 Å². The van der Waals surface area contributed by atoms with Gasteiger partial charge in [-0.1, -0.05) is 0 Å². The molecule has 6 unspecified atom stereocenters. The molecule has 24 heteroatoms. The second kappa shape index (κ2) is 20.3. The molecule has 0 radical (unpaired) electrons. The third-order valence-corrected chi connectivity index (χ3v) is 11.5. The number of ether oxygens (including phenoxy) is 9. The number of aliphatic hydroxyl groups excluding tert-OH is 8. The number of benzene rings is 3. The number of methoxy groups -OCH3 is 2. The lowest BCUT2D eigenvalue weighted by molar-refractivity contribution is -0.354. The van der Waals surface area contributed by atoms with Gasteiger partial charge in [-0.05, 0) is 55.8 Å². The average molecular weight is 963 g/mol. The van der Waals surface area contributed by atoms with E-state index in [0.29, 0.717) is 5.56 Å². The predicted octanol–water partition coefficient (Wildman–Crippen LogP) is -1.20. The maximum absolute atomic E-state index is 14.6. The van der Waals surface area contributed by atoms with Gasteiger partial charge in [-0.15, -0.1) is 0 Å². The molecule has 0 spiro atoms. The van der Waals surface area contributed by atoms with E-state index in [0.717, 1.165) is 30.3 Å². The number of phenolic OH excluding ortho intramolecular Hbond substituents is 4. The van der Waals surface area contributed by atoms with Gasteiger partial charge in [0.15, 0.2) is 41.2 Å². The Labute approximate surface area is 384 Å². The first-order chi connectivity index (χ1) is 32.2. The van der Waals surface area contributed by atoms with Crippen molar-refractivity contribution in [1.29, 1.82) is 0 Å². The van der Waals surface area contributed by atoms with Gasteiger partial charge in [-0.2, -0.15) is 0 Å². The van der Waals surface area contributed by atoms with Crippen LogP contribution in [0.1, 0.15) is 19.4 Å². The minimum absolute atomic E-state index is 0.0305. The average Bonchev–Trinajstić information content (AvgIpc) is 3.31. The summed E-state index contributed by atoms with van der Waals surface area (Å²) < 4.78 is 56.4. The van der Waals surface area contributed by atoms with Crippen LogP contribution in [0.4, 0.5) is 0 Å². The molecule has 3 saturated heterocycles. The molecule has 0 amide bonds. The molecule has 0 saturated carbocycles. The highest BCUT2D eigenvalue weighted by Crippen LogP contribution is 2.41. The molecule has 3 aliphatic heterocycles. The van der Waals surface area contributed by atoms with E-state index in [9.17, 15) is 70.9 Å². The number of aromatic hydroxyl groups is 4. The third-order valence-electron chi connectivity index (χ3n) is 11.5. The largest absolute Gasteiger partial charge is 0.507 e. The van der Waals surface area contributed by atoms with Crippen LogP contribution in [-0.4, -0.2) is 180 Å². The number of esters is 1. The monoisotopic (exact) mass is 962 g/mol. The van der Waals surface area contributed by atoms with Crippen LogP contribution in [0.2, 0.25) is 0 Å². The molecule has 4 aromatic rings. The van der Waals surface area contributed by atoms with Gasteiger partial charge in [0.2, 0.25) is 29.5 Å². The van der Waals surface area contributed by atoms with Gasteiger partial charge in [0.25, 0.3) is 0 Å². The number of rotatable bonds is 13. The zero-order chi connectivity index (χ0) is 49.5. The fourth-order valence-corrected chi connectivity index (χ4v) is 7.60. The summed E-state index contributed by atoms with van der Waals surface area (Å²) in [6.07, 6.45) is -23.6. The Bertz CT molecular complexity index is 2520. The van der Waals surface area contributed by atoms with E-state index in [1.54, 1.807) is 0 Å². The summed E-state index contributed by atoms with van der Waals surface area (Å²) in [4.78, 5) is 27.5. The topological polar surface area (TPSA) is 373 Å². The molecule has 3 aliphatic rings. The van der Waals surface area contributed by atoms with Crippen LogP contribution >= 0.6 is 0 Å². The number of phenols is 4. The third kappa shape index (κ3) is 9.93. The standard InChI is InChI=1S/C44H50O24/c1-15-29(49)34(54)37(57)42(62-15)64-19-12-22(47)28-23(13-19)65-39(18-6-7-20(45)21(46)11-18)40(33(28)53)67-44-41(68-43-38(58)35(55)30(50)16(2)63-43)36(56)32(52)26(66-44)14-61-27(48)8-5-17-9-24(59-3)31(51)25(10-17)60-4/h5-13,15-16,26,29-30,32,34-38,41-47,49-52,54-58H,14H2,1-4H3/b8-5+/t15?,16?,26?,29-,30-,32+,34?,35?,36?,37-,38-,41-,42-,43-,44-/m0/s1. The van der Waals surface area contributed by atoms with Crippen molar-refractivity contribution in [2.45, 2.75) is 106 Å². The van der Waals surface area contributed by atoms with Crippen LogP contribution < -0.4 is 24.4 Å². The first kappa shape index (κ1) is 49.9. The number of hydrogen-bond donors (Lipinski definition) is 12. The maximum atomic E-state index is 14.6. The van der Waals surface area contributed by atoms with Crippen LogP contribution in [0.5, 0.6) is 46.0 Å². The highest BCUT2D eigenvalue weighted by molar-refractivity contribution is 5.89. The number of fused-ring (bicyclic) bond motifs is 1. The first-order valence-corrected chi connectivity index (χ1v) is 20.8. The molecule has 3 aromatic carbocycles. The van der Waals surface area contributed by atoms with E-state index in [4.69, 9.17) is 47.0 Å². The van der Waals surface area contributed by atoms with Gasteiger partial charge in [0.1, 0.15) is 84.0 Å². The van der Waals surface area contributed by atoms with Crippen LogP contribution in [0.3, 0.4) is 0 Å². The Balaban J connectivity index is 1.25. The van der Waals surface area contributed by atoms with Gasteiger partial charge in [0, 0.05) is 23.8 Å². The molecule has 24 nitrogen and oxygen atoms in total. The van der Waals surface area contributed by atoms with Gasteiger partial charge >= 0.3 is 5.97 Å². The highest BCUT2D eigenvalue weighted by atomic mass is 16.8. The SMILES string of the molecule is COc1cc(/C=C/C(=O)OCC2O[C@@H](Oc3c(-c4ccc(O)c(O)c4)oc4cc(O[C@@H]5OC(C)[C@H](O)C(O)[C@@H]5O)cc(O)c4c3=O)[C@@H](O[C@@H]3OC(C)[C@H](O)C(O)[C@@H]3O)C(O)[C@@H]2O)cc(OC)c1O. The molecule has 1 aromatic heterocycles. The van der Waals surface area contributed by atoms with Gasteiger partial charge < -0.3 is 108 Å². The number of hydrogen-bond acceptors (Lipinski definition) is 24. The Morgan fingerprint density at radius 2 is 1.28 bits per heavy atom. The minimum atomic E-state index is -2.11. The van der Waals surface area contributed by atoms with Crippen molar-refractivity contribution in [3.63, 3.8) is 0 Å². The Kier molecular flexibility index (Phi) is 14.9. The Morgan fingerprint density at radius 3 is 1.90 bits per heavy atom. The zero-order valence-electron chi connectivity index (χ0n) is 36.3. The molecule has 4 heterocycles. The van der Waals surface area contributed by atoms with Crippen molar-refractivity contribution < 1.29 is 113 Å². The summed E-state index contributed by atoms with van der Waals surface area (Å²) in [5, 5.41) is 127. The predicted molar refractivity (Wildman–Crippen MR) is 226 cm³/mol. The van der Waals surface area contributed by atoms with Crippen LogP contribution in [-0.2, 0) is 28.5 Å². The van der Waals surface area contributed by atoms with Crippen LogP contribution in [0.15, 0.2) is 57.8 Å². The summed E-state index contributed by atoms with van der Waals surface area (Å²) in [5.41, 5.74) is -1.42. The quantitative estimate of drug-likeness (QED) is 0.0425. The molecule has 0 aliphatic carbocycles. The van der Waals surface area contributed by atoms with E-state index in [2.05, 4.69) is 0 Å². The minimum Gasteiger partial charge on any atom is -0.507 e.